The average molecular weight is 674 g/mol. The summed E-state index contributed by atoms with van der Waals surface area (Å²) >= 11 is 6.08. The number of ketones is 1. The first-order valence-corrected chi connectivity index (χ1v) is 16.7. The van der Waals surface area contributed by atoms with E-state index in [0.29, 0.717) is 36.6 Å². The van der Waals surface area contributed by atoms with Crippen LogP contribution < -0.4 is 16.0 Å². The van der Waals surface area contributed by atoms with E-state index in [1.165, 1.54) is 4.90 Å². The van der Waals surface area contributed by atoms with Gasteiger partial charge in [0.05, 0.1) is 31.5 Å². The zero-order chi connectivity index (χ0) is 33.9. The molecule has 256 valence electrons. The van der Waals surface area contributed by atoms with Gasteiger partial charge in [-0.15, -0.1) is 0 Å². The smallest absolute Gasteiger partial charge is 0.408 e. The number of hydrogen-bond donors (Lipinski definition) is 3. The number of carbonyl (C=O) groups excluding carboxylic acids is 5. The minimum Gasteiger partial charge on any atom is -0.444 e. The molecule has 0 unspecified atom stereocenters. The van der Waals surface area contributed by atoms with Crippen LogP contribution in [0.4, 0.5) is 4.79 Å². The lowest BCUT2D eigenvalue weighted by Crippen LogP contribution is -2.59. The normalized spacial score (nSPS) is 25.0. The van der Waals surface area contributed by atoms with Crippen LogP contribution in [-0.4, -0.2) is 95.8 Å². The Balaban J connectivity index is 1.38. The summed E-state index contributed by atoms with van der Waals surface area (Å²) in [4.78, 5) is 74.5. The standard InChI is InChI=1S/C33H44ClN5O8/c1-5-6-23(26(40)29(42)35-21-11-12-21)36-28(41)25-16-33(15-24(38-47-33)19-7-9-20(34)10-8-19)18-39(25)30(43)27(32(2,3)4)37-31(44)46-22-13-14-45-17-22/h7-10,21-23,25,27H,5-6,11-18H2,1-4H3,(H,35,42)(H,36,41)(H,37,44)/t22-,23-,25-,27+,33+/m0/s1. The summed E-state index contributed by atoms with van der Waals surface area (Å²) in [5.74, 6) is -2.56. The first-order chi connectivity index (χ1) is 22.3. The van der Waals surface area contributed by atoms with Gasteiger partial charge in [0, 0.05) is 30.3 Å². The Morgan fingerprint density at radius 3 is 2.45 bits per heavy atom. The summed E-state index contributed by atoms with van der Waals surface area (Å²) in [5.41, 5.74) is -0.383. The van der Waals surface area contributed by atoms with Gasteiger partial charge in [0.1, 0.15) is 18.2 Å². The molecule has 1 saturated carbocycles. The number of carbonyl (C=O) groups is 5. The molecule has 5 atom stereocenters. The second-order valence-electron chi connectivity index (χ2n) is 14.0. The number of alkyl carbamates (subject to hydrolysis) is 1. The summed E-state index contributed by atoms with van der Waals surface area (Å²) in [6.07, 6.45) is 2.18. The van der Waals surface area contributed by atoms with Gasteiger partial charge in [0.2, 0.25) is 17.6 Å². The molecule has 3 aliphatic heterocycles. The summed E-state index contributed by atoms with van der Waals surface area (Å²) in [7, 11) is 0. The van der Waals surface area contributed by atoms with E-state index in [0.717, 1.165) is 18.4 Å². The van der Waals surface area contributed by atoms with Gasteiger partial charge in [0.25, 0.3) is 5.91 Å². The largest absolute Gasteiger partial charge is 0.444 e. The van der Waals surface area contributed by atoms with Gasteiger partial charge in [0.15, 0.2) is 5.60 Å². The Morgan fingerprint density at radius 1 is 1.11 bits per heavy atom. The number of Topliss-reactive ketones (excluding diaryl/α,β-unsaturated/α-hetero) is 1. The molecule has 5 rings (SSSR count). The topological polar surface area (TPSA) is 165 Å². The van der Waals surface area contributed by atoms with E-state index in [1.54, 1.807) is 32.9 Å². The van der Waals surface area contributed by atoms with Gasteiger partial charge in [-0.1, -0.05) is 63.0 Å². The van der Waals surface area contributed by atoms with E-state index in [-0.39, 0.29) is 32.0 Å². The molecule has 1 aromatic rings. The number of nitrogens with one attached hydrogen (secondary N) is 3. The van der Waals surface area contributed by atoms with E-state index in [2.05, 4.69) is 21.1 Å². The van der Waals surface area contributed by atoms with Crippen molar-refractivity contribution in [3.8, 4) is 0 Å². The number of ether oxygens (including phenoxy) is 2. The van der Waals surface area contributed by atoms with Crippen LogP contribution in [0.5, 0.6) is 0 Å². The van der Waals surface area contributed by atoms with Gasteiger partial charge in [-0.05, 0) is 42.4 Å². The molecular formula is C33H44ClN5O8. The van der Waals surface area contributed by atoms with Crippen LogP contribution in [0.2, 0.25) is 5.02 Å². The maximum absolute atomic E-state index is 14.4. The Hall–Kier alpha value is -3.71. The van der Waals surface area contributed by atoms with Crippen LogP contribution in [0.15, 0.2) is 29.4 Å². The van der Waals surface area contributed by atoms with Crippen molar-refractivity contribution in [2.45, 2.75) is 109 Å². The van der Waals surface area contributed by atoms with Crippen LogP contribution in [0.1, 0.15) is 78.2 Å². The fraction of sp³-hybridized carbons (Fsp3) is 0.636. The third-order valence-corrected chi connectivity index (χ3v) is 9.14. The Kier molecular flexibility index (Phi) is 10.4. The molecule has 0 bridgehead atoms. The molecule has 14 heteroatoms. The van der Waals surface area contributed by atoms with Crippen LogP contribution in [0, 0.1) is 5.41 Å². The van der Waals surface area contributed by atoms with E-state index in [4.69, 9.17) is 25.9 Å². The highest BCUT2D eigenvalue weighted by Crippen LogP contribution is 2.40. The Bertz CT molecular complexity index is 1400. The predicted molar refractivity (Wildman–Crippen MR) is 172 cm³/mol. The van der Waals surface area contributed by atoms with Gasteiger partial charge >= 0.3 is 6.09 Å². The average Bonchev–Trinajstić information content (AvgIpc) is 3.37. The van der Waals surface area contributed by atoms with Crippen LogP contribution in [0.3, 0.4) is 0 Å². The summed E-state index contributed by atoms with van der Waals surface area (Å²) in [6, 6.07) is 3.89. The molecule has 3 heterocycles. The number of amides is 4. The summed E-state index contributed by atoms with van der Waals surface area (Å²) in [5, 5.41) is 13.1. The van der Waals surface area contributed by atoms with Crippen molar-refractivity contribution in [1.29, 1.82) is 0 Å². The van der Waals surface area contributed by atoms with Crippen molar-refractivity contribution < 1.29 is 38.3 Å². The number of benzene rings is 1. The first kappa shape index (κ1) is 34.6. The second-order valence-corrected chi connectivity index (χ2v) is 14.4. The molecule has 3 N–H and O–H groups in total. The molecule has 13 nitrogen and oxygen atoms in total. The van der Waals surface area contributed by atoms with Crippen LogP contribution in [-0.2, 0) is 33.5 Å². The molecule has 0 aromatic heterocycles. The predicted octanol–water partition coefficient (Wildman–Crippen LogP) is 2.87. The fourth-order valence-electron chi connectivity index (χ4n) is 6.12. The SMILES string of the molecule is CCC[C@H](NC(=O)[C@@H]1C[C@]2(CC(c3ccc(Cl)cc3)=NO2)CN1C(=O)[C@@H](NC(=O)O[C@H]1CCOC1)C(C)(C)C)C(=O)C(=O)NC1CC1. The number of hydrogen-bond acceptors (Lipinski definition) is 9. The number of likely N-dealkylation sites (tertiary alicyclic amines) is 1. The quantitative estimate of drug-likeness (QED) is 0.302. The highest BCUT2D eigenvalue weighted by Gasteiger charge is 2.55. The second kappa shape index (κ2) is 14.2. The zero-order valence-corrected chi connectivity index (χ0v) is 28.1. The Morgan fingerprint density at radius 2 is 1.83 bits per heavy atom. The number of nitrogens with zero attached hydrogens (tertiary/aromatic N) is 2. The van der Waals surface area contributed by atoms with Crippen molar-refractivity contribution in [1.82, 2.24) is 20.9 Å². The number of oxime groups is 1. The van der Waals surface area contributed by atoms with Crippen molar-refractivity contribution in [3.63, 3.8) is 0 Å². The van der Waals surface area contributed by atoms with Gasteiger partial charge in [-0.25, -0.2) is 4.79 Å². The molecular weight excluding hydrogens is 630 g/mol. The lowest BCUT2D eigenvalue weighted by atomic mass is 9.85. The molecule has 2 saturated heterocycles. The maximum Gasteiger partial charge on any atom is 0.408 e. The first-order valence-electron chi connectivity index (χ1n) is 16.3. The van der Waals surface area contributed by atoms with Crippen molar-refractivity contribution in [2.24, 2.45) is 10.6 Å². The van der Waals surface area contributed by atoms with Gasteiger partial charge in [-0.2, -0.15) is 0 Å². The van der Waals surface area contributed by atoms with E-state index >= 15 is 0 Å². The molecule has 1 aromatic carbocycles. The minimum atomic E-state index is -1.08. The summed E-state index contributed by atoms with van der Waals surface area (Å²) in [6.45, 7) is 8.02. The van der Waals surface area contributed by atoms with Gasteiger partial charge < -0.3 is 35.2 Å². The van der Waals surface area contributed by atoms with E-state index in [9.17, 15) is 24.0 Å². The third-order valence-electron chi connectivity index (χ3n) is 8.89. The van der Waals surface area contributed by atoms with Gasteiger partial charge in [-0.3, -0.25) is 19.2 Å². The lowest BCUT2D eigenvalue weighted by molar-refractivity contribution is -0.144. The molecule has 0 radical (unpaired) electrons. The van der Waals surface area contributed by atoms with Crippen LogP contribution >= 0.6 is 11.6 Å². The van der Waals surface area contributed by atoms with Crippen molar-refractivity contribution in [2.75, 3.05) is 19.8 Å². The number of rotatable bonds is 11. The highest BCUT2D eigenvalue weighted by atomic mass is 35.5. The van der Waals surface area contributed by atoms with Crippen LogP contribution in [0.25, 0.3) is 0 Å². The Labute approximate surface area is 279 Å². The van der Waals surface area contributed by atoms with Crippen molar-refractivity contribution >= 4 is 46.9 Å². The maximum atomic E-state index is 14.4. The molecule has 1 aliphatic carbocycles. The van der Waals surface area contributed by atoms with E-state index in [1.807, 2.05) is 19.1 Å². The zero-order valence-electron chi connectivity index (χ0n) is 27.3. The monoisotopic (exact) mass is 673 g/mol. The molecule has 3 fully saturated rings. The van der Waals surface area contributed by atoms with Crippen molar-refractivity contribution in [3.05, 3.63) is 34.9 Å². The third kappa shape index (κ3) is 8.42. The highest BCUT2D eigenvalue weighted by molar-refractivity contribution is 6.38. The fourth-order valence-corrected chi connectivity index (χ4v) is 6.24. The molecule has 1 spiro atoms. The molecule has 47 heavy (non-hydrogen) atoms. The summed E-state index contributed by atoms with van der Waals surface area (Å²) < 4.78 is 10.8. The number of halogens is 1. The minimum absolute atomic E-state index is 0.00115. The molecule has 4 aliphatic rings. The van der Waals surface area contributed by atoms with E-state index < -0.39 is 64.8 Å². The molecule has 4 amide bonds. The lowest BCUT2D eigenvalue weighted by Gasteiger charge is -2.35.